The number of hydrogen-bond donors (Lipinski definition) is 1. The van der Waals surface area contributed by atoms with Crippen molar-refractivity contribution < 1.29 is 14.3 Å². The van der Waals surface area contributed by atoms with Crippen molar-refractivity contribution in [2.45, 2.75) is 32.9 Å². The van der Waals surface area contributed by atoms with Crippen LogP contribution >= 0.6 is 0 Å². The molecule has 1 aromatic heterocycles. The van der Waals surface area contributed by atoms with Gasteiger partial charge < -0.3 is 14.8 Å². The number of hydrogen-bond acceptors (Lipinski definition) is 5. The molecule has 1 amide bonds. The summed E-state index contributed by atoms with van der Waals surface area (Å²) < 4.78 is 10.8. The predicted octanol–water partition coefficient (Wildman–Crippen LogP) is 1.76. The van der Waals surface area contributed by atoms with Crippen LogP contribution < -0.4 is 14.8 Å². The maximum Gasteiger partial charge on any atom is 0.217 e. The number of pyridine rings is 1. The van der Waals surface area contributed by atoms with E-state index in [1.165, 1.54) is 5.57 Å². The van der Waals surface area contributed by atoms with Crippen LogP contribution in [-0.2, 0) is 11.3 Å². The zero-order valence-corrected chi connectivity index (χ0v) is 14.3. The van der Waals surface area contributed by atoms with Crippen molar-refractivity contribution in [2.24, 2.45) is 0 Å². The standard InChI is InChI=1S/C17H25N3O3/c1-12(19-13(2)21)14-6-5-9-20(10-14)11-15-17(23-4)16(22-3)7-8-18-15/h6-8,12H,5,9-11H2,1-4H3,(H,19,21)/t12-/m1/s1. The van der Waals surface area contributed by atoms with E-state index < -0.39 is 0 Å². The van der Waals surface area contributed by atoms with Gasteiger partial charge in [0.25, 0.3) is 0 Å². The molecule has 0 aliphatic carbocycles. The van der Waals surface area contributed by atoms with Crippen LogP contribution in [0, 0.1) is 0 Å². The normalized spacial score (nSPS) is 16.4. The fourth-order valence-electron chi connectivity index (χ4n) is 2.86. The summed E-state index contributed by atoms with van der Waals surface area (Å²) >= 11 is 0. The lowest BCUT2D eigenvalue weighted by Crippen LogP contribution is -2.39. The first-order valence-electron chi connectivity index (χ1n) is 7.79. The zero-order chi connectivity index (χ0) is 16.8. The number of rotatable bonds is 6. The van der Waals surface area contributed by atoms with E-state index >= 15 is 0 Å². The molecule has 2 heterocycles. The van der Waals surface area contributed by atoms with Crippen molar-refractivity contribution in [1.29, 1.82) is 0 Å². The molecule has 0 saturated heterocycles. The summed E-state index contributed by atoms with van der Waals surface area (Å²) in [6, 6.07) is 1.85. The average molecular weight is 319 g/mol. The quantitative estimate of drug-likeness (QED) is 0.810. The summed E-state index contributed by atoms with van der Waals surface area (Å²) in [6.07, 6.45) is 4.91. The molecule has 0 saturated carbocycles. The van der Waals surface area contributed by atoms with E-state index in [1.54, 1.807) is 33.4 Å². The van der Waals surface area contributed by atoms with E-state index in [0.29, 0.717) is 18.0 Å². The smallest absolute Gasteiger partial charge is 0.217 e. The lowest BCUT2D eigenvalue weighted by molar-refractivity contribution is -0.119. The first kappa shape index (κ1) is 17.3. The number of methoxy groups -OCH3 is 2. The van der Waals surface area contributed by atoms with Crippen molar-refractivity contribution in [1.82, 2.24) is 15.2 Å². The molecule has 6 nitrogen and oxygen atoms in total. The molecule has 6 heteroatoms. The van der Waals surface area contributed by atoms with Crippen LogP contribution in [0.4, 0.5) is 0 Å². The van der Waals surface area contributed by atoms with Gasteiger partial charge >= 0.3 is 0 Å². The summed E-state index contributed by atoms with van der Waals surface area (Å²) in [5.74, 6) is 1.37. The van der Waals surface area contributed by atoms with Gasteiger partial charge in [-0.05, 0) is 18.9 Å². The zero-order valence-electron chi connectivity index (χ0n) is 14.3. The van der Waals surface area contributed by atoms with Gasteiger partial charge in [-0.2, -0.15) is 0 Å². The predicted molar refractivity (Wildman–Crippen MR) is 88.6 cm³/mol. The molecule has 0 spiro atoms. The Bertz CT molecular complexity index is 586. The summed E-state index contributed by atoms with van der Waals surface area (Å²) in [5, 5.41) is 2.94. The van der Waals surface area contributed by atoms with E-state index in [-0.39, 0.29) is 11.9 Å². The first-order chi connectivity index (χ1) is 11.0. The van der Waals surface area contributed by atoms with Crippen LogP contribution in [-0.4, -0.2) is 49.1 Å². The third-order valence-corrected chi connectivity index (χ3v) is 3.97. The number of nitrogens with zero attached hydrogens (tertiary/aromatic N) is 2. The van der Waals surface area contributed by atoms with Crippen molar-refractivity contribution in [3.63, 3.8) is 0 Å². The number of amides is 1. The molecule has 1 aliphatic rings. The second kappa shape index (κ2) is 7.97. The summed E-state index contributed by atoms with van der Waals surface area (Å²) in [5.41, 5.74) is 2.09. The fourth-order valence-corrected chi connectivity index (χ4v) is 2.86. The molecule has 1 aliphatic heterocycles. The second-order valence-corrected chi connectivity index (χ2v) is 5.69. The topological polar surface area (TPSA) is 63.7 Å². The van der Waals surface area contributed by atoms with Crippen LogP contribution in [0.1, 0.15) is 26.0 Å². The highest BCUT2D eigenvalue weighted by atomic mass is 16.5. The number of carbonyl (C=O) groups is 1. The molecule has 0 radical (unpaired) electrons. The van der Waals surface area contributed by atoms with Crippen LogP contribution in [0.15, 0.2) is 23.9 Å². The highest BCUT2D eigenvalue weighted by Crippen LogP contribution is 2.30. The van der Waals surface area contributed by atoms with Crippen molar-refractivity contribution in [3.8, 4) is 11.5 Å². The fraction of sp³-hybridized carbons (Fsp3) is 0.529. The van der Waals surface area contributed by atoms with Gasteiger partial charge in [-0.1, -0.05) is 6.08 Å². The maximum absolute atomic E-state index is 11.2. The molecule has 1 N–H and O–H groups in total. The molecule has 1 aromatic rings. The van der Waals surface area contributed by atoms with Crippen molar-refractivity contribution in [3.05, 3.63) is 29.6 Å². The van der Waals surface area contributed by atoms with Gasteiger partial charge in [0.2, 0.25) is 5.91 Å². The van der Waals surface area contributed by atoms with Gasteiger partial charge in [-0.25, -0.2) is 0 Å². The highest BCUT2D eigenvalue weighted by Gasteiger charge is 2.20. The van der Waals surface area contributed by atoms with Crippen LogP contribution in [0.2, 0.25) is 0 Å². The van der Waals surface area contributed by atoms with Crippen LogP contribution in [0.5, 0.6) is 11.5 Å². The Morgan fingerprint density at radius 2 is 2.22 bits per heavy atom. The van der Waals surface area contributed by atoms with Gasteiger partial charge in [-0.15, -0.1) is 0 Å². The molecule has 1 atom stereocenters. The van der Waals surface area contributed by atoms with Crippen LogP contribution in [0.25, 0.3) is 0 Å². The maximum atomic E-state index is 11.2. The Labute approximate surface area is 137 Å². The molecular formula is C17H25N3O3. The highest BCUT2D eigenvalue weighted by molar-refractivity contribution is 5.73. The number of ether oxygens (including phenoxy) is 2. The third kappa shape index (κ3) is 4.45. The largest absolute Gasteiger partial charge is 0.493 e. The summed E-state index contributed by atoms with van der Waals surface area (Å²) in [7, 11) is 3.25. The summed E-state index contributed by atoms with van der Waals surface area (Å²) in [6.45, 7) is 6.01. The van der Waals surface area contributed by atoms with Gasteiger partial charge in [0.15, 0.2) is 11.5 Å². The Morgan fingerprint density at radius 3 is 2.87 bits per heavy atom. The SMILES string of the molecule is COc1ccnc(CN2CCC=C([C@@H](C)NC(C)=O)C2)c1OC. The van der Waals surface area contributed by atoms with E-state index in [4.69, 9.17) is 9.47 Å². The van der Waals surface area contributed by atoms with Gasteiger partial charge in [0, 0.05) is 44.9 Å². The second-order valence-electron chi connectivity index (χ2n) is 5.69. The Morgan fingerprint density at radius 1 is 1.43 bits per heavy atom. The molecule has 0 unspecified atom stereocenters. The minimum absolute atomic E-state index is 0.00773. The Hall–Kier alpha value is -2.08. The molecule has 2 rings (SSSR count). The third-order valence-electron chi connectivity index (χ3n) is 3.97. The number of aromatic nitrogens is 1. The van der Waals surface area contributed by atoms with E-state index in [2.05, 4.69) is 21.3 Å². The molecule has 23 heavy (non-hydrogen) atoms. The van der Waals surface area contributed by atoms with E-state index in [0.717, 1.165) is 25.2 Å². The molecule has 0 bridgehead atoms. The molecule has 0 aromatic carbocycles. The molecule has 0 fully saturated rings. The molecular weight excluding hydrogens is 294 g/mol. The minimum Gasteiger partial charge on any atom is -0.493 e. The Kier molecular flexibility index (Phi) is 5.98. The number of nitrogens with one attached hydrogen (secondary N) is 1. The monoisotopic (exact) mass is 319 g/mol. The molecule has 126 valence electrons. The van der Waals surface area contributed by atoms with Gasteiger partial charge in [0.1, 0.15) is 5.69 Å². The average Bonchev–Trinajstić information content (AvgIpc) is 2.54. The number of carbonyl (C=O) groups excluding carboxylic acids is 1. The lowest BCUT2D eigenvalue weighted by Gasteiger charge is -2.30. The Balaban J connectivity index is 2.07. The minimum atomic E-state index is -0.00773. The summed E-state index contributed by atoms with van der Waals surface area (Å²) in [4.78, 5) is 18.0. The van der Waals surface area contributed by atoms with Gasteiger partial charge in [0.05, 0.1) is 14.2 Å². The van der Waals surface area contributed by atoms with Crippen molar-refractivity contribution >= 4 is 5.91 Å². The van der Waals surface area contributed by atoms with E-state index in [1.807, 2.05) is 6.92 Å². The van der Waals surface area contributed by atoms with E-state index in [9.17, 15) is 4.79 Å². The first-order valence-corrected chi connectivity index (χ1v) is 7.79. The van der Waals surface area contributed by atoms with Gasteiger partial charge in [-0.3, -0.25) is 14.7 Å². The van der Waals surface area contributed by atoms with Crippen molar-refractivity contribution in [2.75, 3.05) is 27.3 Å². The van der Waals surface area contributed by atoms with Crippen LogP contribution in [0.3, 0.4) is 0 Å². The lowest BCUT2D eigenvalue weighted by atomic mass is 10.0.